The molecular weight excluding hydrogens is 629 g/mol. The van der Waals surface area contributed by atoms with E-state index in [-0.39, 0.29) is 37.9 Å². The highest BCUT2D eigenvalue weighted by Gasteiger charge is 2.36. The number of fused-ring (bicyclic) bond motifs is 3. The lowest BCUT2D eigenvalue weighted by Gasteiger charge is -2.22. The maximum Gasteiger partial charge on any atom is 0.532 e. The highest BCUT2D eigenvalue weighted by molar-refractivity contribution is 7.49. The molecule has 0 spiro atoms. The summed E-state index contributed by atoms with van der Waals surface area (Å²) in [5, 5.41) is 12.4. The van der Waals surface area contributed by atoms with Gasteiger partial charge in [-0.1, -0.05) is 121 Å². The lowest BCUT2D eigenvalue weighted by Crippen LogP contribution is -2.43. The first-order valence-corrected chi connectivity index (χ1v) is 16.9. The van der Waals surface area contributed by atoms with E-state index in [1.54, 1.807) is 60.7 Å². The predicted octanol–water partition coefficient (Wildman–Crippen LogP) is 7.93. The zero-order valence-corrected chi connectivity index (χ0v) is 26.8. The second kappa shape index (κ2) is 15.1. The number of carbonyl (C=O) groups is 2. The molecule has 1 atom stereocenters. The van der Waals surface area contributed by atoms with Crippen LogP contribution in [0.25, 0.3) is 11.1 Å². The summed E-state index contributed by atoms with van der Waals surface area (Å²) in [6, 6.07) is 38.7. The molecular formula is C38H34NO8P. The van der Waals surface area contributed by atoms with Crippen LogP contribution >= 0.6 is 7.82 Å². The number of phosphoric acid groups is 1. The van der Waals surface area contributed by atoms with Crippen LogP contribution in [-0.4, -0.2) is 29.8 Å². The zero-order valence-electron chi connectivity index (χ0n) is 25.9. The van der Waals surface area contributed by atoms with Gasteiger partial charge in [0, 0.05) is 12.3 Å². The quantitative estimate of drug-likeness (QED) is 0.122. The van der Waals surface area contributed by atoms with Gasteiger partial charge in [-0.2, -0.15) is 0 Å². The number of phenols is 1. The molecule has 0 radical (unpaired) electrons. The van der Waals surface area contributed by atoms with Gasteiger partial charge in [-0.15, -0.1) is 0 Å². The van der Waals surface area contributed by atoms with Gasteiger partial charge in [-0.05, 0) is 51.1 Å². The van der Waals surface area contributed by atoms with Gasteiger partial charge in [0.2, 0.25) is 0 Å². The van der Waals surface area contributed by atoms with Gasteiger partial charge in [0.05, 0.1) is 13.2 Å². The van der Waals surface area contributed by atoms with Crippen LogP contribution in [0.1, 0.15) is 33.7 Å². The van der Waals surface area contributed by atoms with Crippen LogP contribution in [0.15, 0.2) is 133 Å². The van der Waals surface area contributed by atoms with Crippen LogP contribution in [0, 0.1) is 0 Å². The van der Waals surface area contributed by atoms with E-state index in [0.29, 0.717) is 16.7 Å². The number of phenolic OH excluding ortho intramolecular Hbond substituents is 1. The Morgan fingerprint density at radius 3 is 1.71 bits per heavy atom. The van der Waals surface area contributed by atoms with E-state index < -0.39 is 25.9 Å². The minimum absolute atomic E-state index is 0.0275. The SMILES string of the molecule is O=C(N[C@@H](Cc1ccc(O)cc1)C(=O)OP(=O)(OCc1ccccc1)OCc1ccccc1)OCC1c2ccccc2-c2ccccc21. The topological polar surface area (TPSA) is 120 Å². The number of aromatic hydroxyl groups is 1. The highest BCUT2D eigenvalue weighted by Crippen LogP contribution is 2.51. The second-order valence-corrected chi connectivity index (χ2v) is 12.9. The molecule has 5 aromatic rings. The lowest BCUT2D eigenvalue weighted by molar-refractivity contribution is -0.138. The van der Waals surface area contributed by atoms with Crippen molar-refractivity contribution in [2.75, 3.05) is 6.61 Å². The molecule has 5 aromatic carbocycles. The van der Waals surface area contributed by atoms with Gasteiger partial charge < -0.3 is 19.7 Å². The molecule has 0 bridgehead atoms. The third-order valence-electron chi connectivity index (χ3n) is 7.96. The minimum atomic E-state index is -4.50. The van der Waals surface area contributed by atoms with Gasteiger partial charge in [0.25, 0.3) is 0 Å². The van der Waals surface area contributed by atoms with E-state index in [0.717, 1.165) is 22.3 Å². The molecule has 1 aliphatic carbocycles. The number of hydrogen-bond acceptors (Lipinski definition) is 8. The fraction of sp³-hybridized carbons (Fsp3) is 0.158. The molecule has 1 aliphatic rings. The summed E-state index contributed by atoms with van der Waals surface area (Å²) in [6.45, 7) is -0.273. The van der Waals surface area contributed by atoms with E-state index >= 15 is 0 Å². The van der Waals surface area contributed by atoms with Crippen molar-refractivity contribution >= 4 is 19.9 Å². The summed E-state index contributed by atoms with van der Waals surface area (Å²) in [5.41, 5.74) is 6.22. The van der Waals surface area contributed by atoms with Crippen LogP contribution in [0.2, 0.25) is 0 Å². The molecule has 6 rings (SSSR count). The summed E-state index contributed by atoms with van der Waals surface area (Å²) < 4.78 is 36.3. The Bertz CT molecular complexity index is 1810. The Labute approximate surface area is 278 Å². The Balaban J connectivity index is 1.18. The third-order valence-corrected chi connectivity index (χ3v) is 9.26. The predicted molar refractivity (Wildman–Crippen MR) is 180 cm³/mol. The molecule has 10 heteroatoms. The molecule has 0 aromatic heterocycles. The van der Waals surface area contributed by atoms with Crippen molar-refractivity contribution in [1.29, 1.82) is 0 Å². The standard InChI is InChI=1S/C38H34NO8P/c40-30-21-19-27(20-22-30)23-36(39-38(42)44-26-35-33-17-9-7-15-31(33)32-16-8-10-18-34(32)35)37(41)47-48(43,45-24-28-11-3-1-4-12-28)46-25-29-13-5-2-6-14-29/h1-22,35-36,40H,23-26H2,(H,39,42)/t36-/m0/s1. The first kappa shape index (κ1) is 32.7. The van der Waals surface area contributed by atoms with E-state index in [2.05, 4.69) is 5.32 Å². The third kappa shape index (κ3) is 8.19. The van der Waals surface area contributed by atoms with Gasteiger partial charge in [-0.25, -0.2) is 14.2 Å². The monoisotopic (exact) mass is 663 g/mol. The maximum absolute atomic E-state index is 13.9. The Morgan fingerprint density at radius 2 is 1.17 bits per heavy atom. The van der Waals surface area contributed by atoms with Crippen molar-refractivity contribution in [3.63, 3.8) is 0 Å². The lowest BCUT2D eigenvalue weighted by atomic mass is 9.98. The summed E-state index contributed by atoms with van der Waals surface area (Å²) in [5.74, 6) is -1.19. The van der Waals surface area contributed by atoms with Gasteiger partial charge in [0.15, 0.2) is 0 Å². The first-order chi connectivity index (χ1) is 23.4. The number of alkyl carbamates (subject to hydrolysis) is 1. The van der Waals surface area contributed by atoms with Crippen molar-refractivity contribution in [3.05, 3.63) is 161 Å². The highest BCUT2D eigenvalue weighted by atomic mass is 31.2. The fourth-order valence-corrected chi connectivity index (χ4v) is 6.70. The number of rotatable bonds is 13. The van der Waals surface area contributed by atoms with Crippen LogP contribution < -0.4 is 5.32 Å². The van der Waals surface area contributed by atoms with E-state index in [4.69, 9.17) is 18.3 Å². The van der Waals surface area contributed by atoms with E-state index in [1.165, 1.54) is 12.1 Å². The average molecular weight is 664 g/mol. The number of phosphoric ester groups is 1. The van der Waals surface area contributed by atoms with E-state index in [9.17, 15) is 19.3 Å². The van der Waals surface area contributed by atoms with Crippen LogP contribution in [-0.2, 0) is 47.3 Å². The summed E-state index contributed by atoms with van der Waals surface area (Å²) in [6.07, 6.45) is -0.913. The van der Waals surface area contributed by atoms with Crippen molar-refractivity contribution in [3.8, 4) is 16.9 Å². The van der Waals surface area contributed by atoms with Gasteiger partial charge >= 0.3 is 19.9 Å². The molecule has 9 nitrogen and oxygen atoms in total. The number of hydrogen-bond donors (Lipinski definition) is 2. The Kier molecular flexibility index (Phi) is 10.3. The molecule has 244 valence electrons. The molecule has 0 aliphatic heterocycles. The maximum atomic E-state index is 13.9. The van der Waals surface area contributed by atoms with Crippen LogP contribution in [0.3, 0.4) is 0 Å². The number of benzene rings is 5. The molecule has 2 N–H and O–H groups in total. The van der Waals surface area contributed by atoms with Crippen molar-refractivity contribution < 1.29 is 37.6 Å². The van der Waals surface area contributed by atoms with Crippen molar-refractivity contribution in [2.45, 2.75) is 31.6 Å². The molecule has 0 saturated carbocycles. The van der Waals surface area contributed by atoms with Gasteiger partial charge in [-0.3, -0.25) is 9.05 Å². The van der Waals surface area contributed by atoms with E-state index in [1.807, 2.05) is 60.7 Å². The summed E-state index contributed by atoms with van der Waals surface area (Å²) in [4.78, 5) is 27.0. The van der Waals surface area contributed by atoms with Crippen LogP contribution in [0.4, 0.5) is 4.79 Å². The zero-order chi connectivity index (χ0) is 33.3. The Morgan fingerprint density at radius 1 is 0.667 bits per heavy atom. The normalized spacial score (nSPS) is 12.8. The number of ether oxygens (including phenoxy) is 1. The average Bonchev–Trinajstić information content (AvgIpc) is 3.44. The second-order valence-electron chi connectivity index (χ2n) is 11.3. The number of carbonyl (C=O) groups excluding carboxylic acids is 2. The molecule has 0 unspecified atom stereocenters. The van der Waals surface area contributed by atoms with Crippen LogP contribution in [0.5, 0.6) is 5.75 Å². The molecule has 0 saturated heterocycles. The molecule has 1 amide bonds. The van der Waals surface area contributed by atoms with Crippen molar-refractivity contribution in [1.82, 2.24) is 5.32 Å². The number of amides is 1. The minimum Gasteiger partial charge on any atom is -0.508 e. The summed E-state index contributed by atoms with van der Waals surface area (Å²) >= 11 is 0. The number of nitrogens with one attached hydrogen (secondary N) is 1. The summed E-state index contributed by atoms with van der Waals surface area (Å²) in [7, 11) is -4.50. The first-order valence-electron chi connectivity index (χ1n) is 15.5. The molecule has 0 fully saturated rings. The van der Waals surface area contributed by atoms with Crippen molar-refractivity contribution in [2.24, 2.45) is 0 Å². The fourth-order valence-electron chi connectivity index (χ4n) is 5.56. The Hall–Kier alpha value is -5.21. The molecule has 48 heavy (non-hydrogen) atoms. The smallest absolute Gasteiger partial charge is 0.508 e. The molecule has 0 heterocycles. The largest absolute Gasteiger partial charge is 0.532 e. The van der Waals surface area contributed by atoms with Gasteiger partial charge in [0.1, 0.15) is 18.4 Å².